The van der Waals surface area contributed by atoms with Crippen molar-refractivity contribution >= 4 is 16.9 Å². The molecule has 102 valence electrons. The van der Waals surface area contributed by atoms with Crippen LogP contribution in [0, 0.1) is 5.92 Å². The van der Waals surface area contributed by atoms with E-state index in [9.17, 15) is 4.79 Å². The number of carbonyl (C=O) groups excluding carboxylic acids is 1. The van der Waals surface area contributed by atoms with Crippen LogP contribution >= 0.6 is 0 Å². The lowest BCUT2D eigenvalue weighted by Crippen LogP contribution is -2.40. The molecule has 0 aliphatic rings. The van der Waals surface area contributed by atoms with E-state index in [2.05, 4.69) is 19.2 Å². The molecule has 0 aliphatic carbocycles. The van der Waals surface area contributed by atoms with Crippen molar-refractivity contribution in [3.63, 3.8) is 0 Å². The summed E-state index contributed by atoms with van der Waals surface area (Å²) in [4.78, 5) is 12.1. The van der Waals surface area contributed by atoms with Crippen molar-refractivity contribution in [3.05, 3.63) is 36.1 Å². The summed E-state index contributed by atoms with van der Waals surface area (Å²) in [6, 6.07) is 9.31. The Morgan fingerprint density at radius 2 is 2.11 bits per heavy atom. The molecule has 4 heteroatoms. The van der Waals surface area contributed by atoms with Gasteiger partial charge in [-0.1, -0.05) is 32.0 Å². The predicted octanol–water partition coefficient (Wildman–Crippen LogP) is 2.54. The van der Waals surface area contributed by atoms with Crippen LogP contribution in [0.15, 0.2) is 34.7 Å². The molecule has 1 unspecified atom stereocenters. The first kappa shape index (κ1) is 13.6. The van der Waals surface area contributed by atoms with Gasteiger partial charge >= 0.3 is 0 Å². The highest BCUT2D eigenvalue weighted by Crippen LogP contribution is 2.18. The van der Waals surface area contributed by atoms with Crippen molar-refractivity contribution < 1.29 is 9.21 Å². The summed E-state index contributed by atoms with van der Waals surface area (Å²) in [7, 11) is 0. The number of fused-ring (bicyclic) bond motifs is 1. The van der Waals surface area contributed by atoms with Gasteiger partial charge < -0.3 is 15.5 Å². The summed E-state index contributed by atoms with van der Waals surface area (Å²) in [5.74, 6) is 0.625. The molecule has 0 bridgehead atoms. The summed E-state index contributed by atoms with van der Waals surface area (Å²) in [6.45, 7) is 4.65. The van der Waals surface area contributed by atoms with E-state index >= 15 is 0 Å². The Bertz CT molecular complexity index is 527. The topological polar surface area (TPSA) is 68.3 Å². The minimum atomic E-state index is -0.202. The molecule has 0 spiro atoms. The average molecular weight is 260 g/mol. The van der Waals surface area contributed by atoms with Gasteiger partial charge in [-0.3, -0.25) is 4.79 Å². The van der Waals surface area contributed by atoms with Crippen LogP contribution in [0.25, 0.3) is 11.0 Å². The van der Waals surface area contributed by atoms with Crippen molar-refractivity contribution in [2.75, 3.05) is 6.54 Å². The van der Waals surface area contributed by atoms with Crippen molar-refractivity contribution in [1.82, 2.24) is 5.32 Å². The zero-order chi connectivity index (χ0) is 13.8. The van der Waals surface area contributed by atoms with E-state index in [0.717, 1.165) is 17.4 Å². The molecule has 1 atom stereocenters. The number of benzene rings is 1. The summed E-state index contributed by atoms with van der Waals surface area (Å²) in [5, 5.41) is 3.85. The Morgan fingerprint density at radius 3 is 2.74 bits per heavy atom. The Hall–Kier alpha value is -1.81. The number of amides is 1. The zero-order valence-corrected chi connectivity index (χ0v) is 11.3. The first-order valence-corrected chi connectivity index (χ1v) is 6.59. The summed E-state index contributed by atoms with van der Waals surface area (Å²) in [5.41, 5.74) is 6.40. The minimum absolute atomic E-state index is 0.0132. The van der Waals surface area contributed by atoms with Gasteiger partial charge in [-0.05, 0) is 24.5 Å². The Balaban J connectivity index is 2.10. The van der Waals surface area contributed by atoms with E-state index in [4.69, 9.17) is 10.2 Å². The second-order valence-corrected chi connectivity index (χ2v) is 5.18. The number of hydrogen-bond acceptors (Lipinski definition) is 3. The van der Waals surface area contributed by atoms with Crippen molar-refractivity contribution in [1.29, 1.82) is 0 Å². The number of nitrogens with two attached hydrogens (primary N) is 1. The number of furan rings is 1. The Kier molecular flexibility index (Phi) is 4.22. The molecule has 4 nitrogen and oxygen atoms in total. The molecule has 1 aromatic heterocycles. The molecule has 1 amide bonds. The largest absolute Gasteiger partial charge is 0.451 e. The first-order chi connectivity index (χ1) is 9.10. The molecule has 0 aliphatic heterocycles. The van der Waals surface area contributed by atoms with E-state index in [1.54, 1.807) is 6.07 Å². The zero-order valence-electron chi connectivity index (χ0n) is 11.3. The second-order valence-electron chi connectivity index (χ2n) is 5.18. The molecule has 2 rings (SSSR count). The van der Waals surface area contributed by atoms with Gasteiger partial charge in [0.15, 0.2) is 5.76 Å². The van der Waals surface area contributed by atoms with Crippen LogP contribution in [0.5, 0.6) is 0 Å². The maximum Gasteiger partial charge on any atom is 0.287 e. The van der Waals surface area contributed by atoms with Crippen LogP contribution in [0.2, 0.25) is 0 Å². The number of hydrogen-bond donors (Lipinski definition) is 2. The van der Waals surface area contributed by atoms with Gasteiger partial charge in [-0.2, -0.15) is 0 Å². The van der Waals surface area contributed by atoms with Gasteiger partial charge in [-0.15, -0.1) is 0 Å². The first-order valence-electron chi connectivity index (χ1n) is 6.59. The Labute approximate surface area is 113 Å². The van der Waals surface area contributed by atoms with Crippen LogP contribution in [0.1, 0.15) is 30.8 Å². The molecular formula is C15H20N2O2. The monoisotopic (exact) mass is 260 g/mol. The van der Waals surface area contributed by atoms with Gasteiger partial charge in [-0.25, -0.2) is 0 Å². The molecule has 0 radical (unpaired) electrons. The standard InChI is InChI=1S/C15H20N2O2/c1-10(2)7-12(9-16)17-15(18)14-8-11-5-3-4-6-13(11)19-14/h3-6,8,10,12H,7,9,16H2,1-2H3,(H,17,18). The molecule has 1 aromatic carbocycles. The Morgan fingerprint density at radius 1 is 1.37 bits per heavy atom. The van der Waals surface area contributed by atoms with Crippen molar-refractivity contribution in [2.24, 2.45) is 11.7 Å². The number of para-hydroxylation sites is 1. The lowest BCUT2D eigenvalue weighted by atomic mass is 10.0. The van der Waals surface area contributed by atoms with Crippen molar-refractivity contribution in [3.8, 4) is 0 Å². The predicted molar refractivity (Wildman–Crippen MR) is 76.0 cm³/mol. The third-order valence-electron chi connectivity index (χ3n) is 3.02. The van der Waals surface area contributed by atoms with Crippen LogP contribution in [-0.2, 0) is 0 Å². The summed E-state index contributed by atoms with van der Waals surface area (Å²) in [6.07, 6.45) is 0.864. The van der Waals surface area contributed by atoms with Gasteiger partial charge in [0.05, 0.1) is 0 Å². The van der Waals surface area contributed by atoms with E-state index in [0.29, 0.717) is 18.2 Å². The summed E-state index contributed by atoms with van der Waals surface area (Å²) >= 11 is 0. The molecular weight excluding hydrogens is 240 g/mol. The molecule has 0 saturated carbocycles. The van der Waals surface area contributed by atoms with Crippen LogP contribution < -0.4 is 11.1 Å². The maximum atomic E-state index is 12.1. The lowest BCUT2D eigenvalue weighted by molar-refractivity contribution is 0.0908. The summed E-state index contributed by atoms with van der Waals surface area (Å²) < 4.78 is 5.53. The quantitative estimate of drug-likeness (QED) is 0.868. The van der Waals surface area contributed by atoms with Crippen LogP contribution in [-0.4, -0.2) is 18.5 Å². The van der Waals surface area contributed by atoms with Gasteiger partial charge in [0.25, 0.3) is 5.91 Å². The lowest BCUT2D eigenvalue weighted by Gasteiger charge is -2.17. The van der Waals surface area contributed by atoms with E-state index in [1.807, 2.05) is 24.3 Å². The molecule has 3 N–H and O–H groups in total. The van der Waals surface area contributed by atoms with Crippen molar-refractivity contribution in [2.45, 2.75) is 26.3 Å². The van der Waals surface area contributed by atoms with Gasteiger partial charge in [0.1, 0.15) is 5.58 Å². The molecule has 19 heavy (non-hydrogen) atoms. The maximum absolute atomic E-state index is 12.1. The number of carbonyl (C=O) groups is 1. The average Bonchev–Trinajstić information content (AvgIpc) is 2.81. The van der Waals surface area contributed by atoms with E-state index in [-0.39, 0.29) is 11.9 Å². The second kappa shape index (κ2) is 5.89. The van der Waals surface area contributed by atoms with Gasteiger partial charge in [0, 0.05) is 18.0 Å². The third kappa shape index (κ3) is 3.35. The third-order valence-corrected chi connectivity index (χ3v) is 3.02. The fourth-order valence-corrected chi connectivity index (χ4v) is 2.13. The SMILES string of the molecule is CC(C)CC(CN)NC(=O)c1cc2ccccc2o1. The normalized spacial score (nSPS) is 12.8. The molecule has 0 fully saturated rings. The van der Waals surface area contributed by atoms with Crippen LogP contribution in [0.4, 0.5) is 0 Å². The fraction of sp³-hybridized carbons (Fsp3) is 0.400. The molecule has 0 saturated heterocycles. The number of nitrogens with one attached hydrogen (secondary N) is 1. The minimum Gasteiger partial charge on any atom is -0.451 e. The molecule has 1 heterocycles. The van der Waals surface area contributed by atoms with Gasteiger partial charge in [0.2, 0.25) is 0 Å². The highest BCUT2D eigenvalue weighted by atomic mass is 16.3. The van der Waals surface area contributed by atoms with Crippen LogP contribution in [0.3, 0.4) is 0 Å². The highest BCUT2D eigenvalue weighted by Gasteiger charge is 2.17. The fourth-order valence-electron chi connectivity index (χ4n) is 2.13. The van der Waals surface area contributed by atoms with E-state index in [1.165, 1.54) is 0 Å². The highest BCUT2D eigenvalue weighted by molar-refractivity contribution is 5.96. The van der Waals surface area contributed by atoms with E-state index < -0.39 is 0 Å². The smallest absolute Gasteiger partial charge is 0.287 e. The molecule has 2 aromatic rings. The number of rotatable bonds is 5.